The summed E-state index contributed by atoms with van der Waals surface area (Å²) in [7, 11) is 1.81. The molecular formula is C16H20N4O2. The Bertz CT molecular complexity index is 645. The van der Waals surface area contributed by atoms with E-state index in [2.05, 4.69) is 34.1 Å². The second-order valence-electron chi connectivity index (χ2n) is 5.88. The fraction of sp³-hybridized carbons (Fsp3) is 0.438. The number of piperidine rings is 1. The van der Waals surface area contributed by atoms with Crippen molar-refractivity contribution in [2.75, 3.05) is 18.0 Å². The molecule has 0 amide bonds. The second kappa shape index (κ2) is 6.17. The maximum atomic E-state index is 11.1. The van der Waals surface area contributed by atoms with Gasteiger partial charge in [-0.3, -0.25) is 4.57 Å². The maximum Gasteiger partial charge on any atom is 0.406 e. The first-order chi connectivity index (χ1) is 10.6. The highest BCUT2D eigenvalue weighted by molar-refractivity contribution is 5.54. The van der Waals surface area contributed by atoms with Crippen molar-refractivity contribution in [3.8, 4) is 0 Å². The van der Waals surface area contributed by atoms with Crippen LogP contribution in [0.1, 0.15) is 18.4 Å². The summed E-state index contributed by atoms with van der Waals surface area (Å²) in [6.07, 6.45) is 4.71. The molecule has 0 spiro atoms. The zero-order valence-electron chi connectivity index (χ0n) is 12.7. The van der Waals surface area contributed by atoms with Gasteiger partial charge in [-0.15, -0.1) is 0 Å². The van der Waals surface area contributed by atoms with Gasteiger partial charge in [0.2, 0.25) is 12.1 Å². The van der Waals surface area contributed by atoms with Gasteiger partial charge >= 0.3 is 5.82 Å². The second-order valence-corrected chi connectivity index (χ2v) is 5.88. The highest BCUT2D eigenvalue weighted by atomic mass is 16.6. The SMILES string of the molecule is Cn1cnc([N+](=O)[O-])c1N1CCC(Cc2ccccc2)CC1. The molecule has 0 aliphatic carbocycles. The molecule has 1 aliphatic rings. The van der Waals surface area contributed by atoms with E-state index in [0.29, 0.717) is 11.7 Å². The number of anilines is 1. The summed E-state index contributed by atoms with van der Waals surface area (Å²) in [6.45, 7) is 1.69. The first-order valence-corrected chi connectivity index (χ1v) is 7.59. The number of rotatable bonds is 4. The first kappa shape index (κ1) is 14.6. The Morgan fingerprint density at radius 3 is 2.59 bits per heavy atom. The molecule has 1 aromatic carbocycles. The van der Waals surface area contributed by atoms with E-state index >= 15 is 0 Å². The van der Waals surface area contributed by atoms with Crippen LogP contribution in [0.3, 0.4) is 0 Å². The molecule has 6 nitrogen and oxygen atoms in total. The minimum absolute atomic E-state index is 0.0380. The zero-order chi connectivity index (χ0) is 15.5. The number of imidazole rings is 1. The third-order valence-corrected chi connectivity index (χ3v) is 4.34. The summed E-state index contributed by atoms with van der Waals surface area (Å²) in [6, 6.07) is 10.5. The van der Waals surface area contributed by atoms with E-state index in [1.54, 1.807) is 4.57 Å². The molecule has 1 aliphatic heterocycles. The molecule has 0 bridgehead atoms. The molecule has 1 fully saturated rings. The molecule has 0 unspecified atom stereocenters. The van der Waals surface area contributed by atoms with Crippen LogP contribution in [0.5, 0.6) is 0 Å². The number of hydrogen-bond acceptors (Lipinski definition) is 4. The van der Waals surface area contributed by atoms with Crippen molar-refractivity contribution in [2.45, 2.75) is 19.3 Å². The summed E-state index contributed by atoms with van der Waals surface area (Å²) in [5, 5.41) is 11.1. The number of hydrogen-bond donors (Lipinski definition) is 0. The van der Waals surface area contributed by atoms with E-state index in [4.69, 9.17) is 0 Å². The van der Waals surface area contributed by atoms with Crippen molar-refractivity contribution < 1.29 is 4.92 Å². The van der Waals surface area contributed by atoms with Crippen molar-refractivity contribution in [2.24, 2.45) is 13.0 Å². The highest BCUT2D eigenvalue weighted by Crippen LogP contribution is 2.30. The van der Waals surface area contributed by atoms with Gasteiger partial charge in [-0.05, 0) is 40.7 Å². The lowest BCUT2D eigenvalue weighted by Gasteiger charge is -2.32. The molecule has 0 saturated carbocycles. The smallest absolute Gasteiger partial charge is 0.358 e. The van der Waals surface area contributed by atoms with E-state index < -0.39 is 4.92 Å². The van der Waals surface area contributed by atoms with Crippen molar-refractivity contribution in [3.05, 3.63) is 52.3 Å². The predicted octanol–water partition coefficient (Wildman–Crippen LogP) is 2.79. The van der Waals surface area contributed by atoms with Crippen LogP contribution in [0.25, 0.3) is 0 Å². The molecular weight excluding hydrogens is 280 g/mol. The van der Waals surface area contributed by atoms with Crippen LogP contribution in [0.15, 0.2) is 36.7 Å². The topological polar surface area (TPSA) is 64.2 Å². The van der Waals surface area contributed by atoms with Gasteiger partial charge in [0.1, 0.15) is 0 Å². The van der Waals surface area contributed by atoms with E-state index in [9.17, 15) is 10.1 Å². The van der Waals surface area contributed by atoms with Crippen molar-refractivity contribution in [1.29, 1.82) is 0 Å². The minimum atomic E-state index is -0.397. The number of benzene rings is 1. The van der Waals surface area contributed by atoms with Gasteiger partial charge in [0.15, 0.2) is 0 Å². The van der Waals surface area contributed by atoms with Gasteiger partial charge in [0.05, 0.1) is 0 Å². The normalized spacial score (nSPS) is 16.0. The Kier molecular flexibility index (Phi) is 4.09. The standard InChI is InChI=1S/C16H20N4O2/c1-18-12-17-15(20(21)22)16(18)19-9-7-14(8-10-19)11-13-5-3-2-4-6-13/h2-6,12,14H,7-11H2,1H3. The zero-order valence-corrected chi connectivity index (χ0v) is 12.7. The molecule has 3 rings (SSSR count). The molecule has 2 aromatic rings. The number of nitro groups is 1. The minimum Gasteiger partial charge on any atom is -0.358 e. The van der Waals surface area contributed by atoms with Crippen LogP contribution in [-0.4, -0.2) is 27.6 Å². The first-order valence-electron chi connectivity index (χ1n) is 7.59. The van der Waals surface area contributed by atoms with E-state index in [-0.39, 0.29) is 5.82 Å². The third-order valence-electron chi connectivity index (χ3n) is 4.34. The van der Waals surface area contributed by atoms with Gasteiger partial charge in [0.25, 0.3) is 0 Å². The lowest BCUT2D eigenvalue weighted by Crippen LogP contribution is -2.35. The number of aryl methyl sites for hydroxylation is 1. The largest absolute Gasteiger partial charge is 0.406 e. The van der Waals surface area contributed by atoms with Crippen molar-refractivity contribution in [1.82, 2.24) is 9.55 Å². The predicted molar refractivity (Wildman–Crippen MR) is 84.9 cm³/mol. The number of nitrogens with zero attached hydrogens (tertiary/aromatic N) is 4. The Morgan fingerprint density at radius 2 is 1.95 bits per heavy atom. The summed E-state index contributed by atoms with van der Waals surface area (Å²) in [4.78, 5) is 16.7. The number of aromatic nitrogens is 2. The summed E-state index contributed by atoms with van der Waals surface area (Å²) in [5.74, 6) is 1.23. The molecule has 0 atom stereocenters. The Balaban J connectivity index is 1.65. The molecule has 2 heterocycles. The van der Waals surface area contributed by atoms with Crippen LogP contribution in [-0.2, 0) is 13.5 Å². The van der Waals surface area contributed by atoms with E-state index in [1.807, 2.05) is 13.1 Å². The van der Waals surface area contributed by atoms with Gasteiger partial charge < -0.3 is 15.0 Å². The van der Waals surface area contributed by atoms with Crippen LogP contribution < -0.4 is 4.90 Å². The van der Waals surface area contributed by atoms with Crippen molar-refractivity contribution >= 4 is 11.6 Å². The van der Waals surface area contributed by atoms with Crippen LogP contribution >= 0.6 is 0 Å². The molecule has 116 valence electrons. The fourth-order valence-electron chi connectivity index (χ4n) is 3.20. The molecule has 0 N–H and O–H groups in total. The van der Waals surface area contributed by atoms with Crippen LogP contribution in [0.4, 0.5) is 11.6 Å². The fourth-order valence-corrected chi connectivity index (χ4v) is 3.20. The lowest BCUT2D eigenvalue weighted by atomic mass is 9.90. The quantitative estimate of drug-likeness (QED) is 0.643. The molecule has 0 radical (unpaired) electrons. The Labute approximate surface area is 129 Å². The summed E-state index contributed by atoms with van der Waals surface area (Å²) >= 11 is 0. The molecule has 1 saturated heterocycles. The maximum absolute atomic E-state index is 11.1. The van der Waals surface area contributed by atoms with Crippen molar-refractivity contribution in [3.63, 3.8) is 0 Å². The van der Waals surface area contributed by atoms with E-state index in [1.165, 1.54) is 11.9 Å². The van der Waals surface area contributed by atoms with Gasteiger partial charge in [0, 0.05) is 20.1 Å². The average Bonchev–Trinajstić information content (AvgIpc) is 2.91. The molecule has 6 heteroatoms. The Morgan fingerprint density at radius 1 is 1.27 bits per heavy atom. The van der Waals surface area contributed by atoms with E-state index in [0.717, 1.165) is 32.4 Å². The van der Waals surface area contributed by atoms with Crippen LogP contribution in [0.2, 0.25) is 0 Å². The molecule has 1 aromatic heterocycles. The summed E-state index contributed by atoms with van der Waals surface area (Å²) in [5.41, 5.74) is 1.37. The summed E-state index contributed by atoms with van der Waals surface area (Å²) < 4.78 is 1.75. The van der Waals surface area contributed by atoms with Gasteiger partial charge in [-0.1, -0.05) is 30.3 Å². The third kappa shape index (κ3) is 2.95. The highest BCUT2D eigenvalue weighted by Gasteiger charge is 2.28. The average molecular weight is 300 g/mol. The van der Waals surface area contributed by atoms with Gasteiger partial charge in [-0.2, -0.15) is 0 Å². The monoisotopic (exact) mass is 300 g/mol. The lowest BCUT2D eigenvalue weighted by molar-refractivity contribution is -0.388. The molecule has 22 heavy (non-hydrogen) atoms. The van der Waals surface area contributed by atoms with Gasteiger partial charge in [-0.25, -0.2) is 0 Å². The van der Waals surface area contributed by atoms with Crippen LogP contribution in [0, 0.1) is 16.0 Å². The Hall–Kier alpha value is -2.37.